The number of thiazole rings is 1. The third kappa shape index (κ3) is 4.53. The van der Waals surface area contributed by atoms with Gasteiger partial charge in [-0.25, -0.2) is 15.0 Å². The molecule has 0 spiro atoms. The van der Waals surface area contributed by atoms with Crippen LogP contribution >= 0.6 is 11.3 Å². The first-order valence-corrected chi connectivity index (χ1v) is 11.3. The summed E-state index contributed by atoms with van der Waals surface area (Å²) >= 11 is 1.58. The molecule has 1 aliphatic rings. The van der Waals surface area contributed by atoms with Crippen molar-refractivity contribution in [2.45, 2.75) is 0 Å². The molecule has 1 aliphatic heterocycles. The molecular formula is C23H24N8S. The SMILES string of the molecule is CNc1ccc(-c2cncc(-c3cnc(Nc4cc(N5CCNCC5)ccn4)s3)c2)cn1. The molecule has 0 radical (unpaired) electrons. The molecule has 32 heavy (non-hydrogen) atoms. The second-order valence-electron chi connectivity index (χ2n) is 7.44. The number of hydrogen-bond acceptors (Lipinski definition) is 9. The van der Waals surface area contributed by atoms with Gasteiger partial charge < -0.3 is 20.9 Å². The van der Waals surface area contributed by atoms with Gasteiger partial charge in [0.25, 0.3) is 0 Å². The third-order valence-corrected chi connectivity index (χ3v) is 6.30. The van der Waals surface area contributed by atoms with Crippen LogP contribution in [0, 0.1) is 0 Å². The lowest BCUT2D eigenvalue weighted by Crippen LogP contribution is -2.43. The topological polar surface area (TPSA) is 90.9 Å². The molecule has 5 heterocycles. The fraction of sp³-hybridized carbons (Fsp3) is 0.217. The number of anilines is 4. The maximum Gasteiger partial charge on any atom is 0.188 e. The van der Waals surface area contributed by atoms with Crippen LogP contribution in [0.5, 0.6) is 0 Å². The Hall–Kier alpha value is -3.56. The van der Waals surface area contributed by atoms with Gasteiger partial charge in [-0.15, -0.1) is 0 Å². The average Bonchev–Trinajstić information content (AvgIpc) is 3.33. The lowest BCUT2D eigenvalue weighted by molar-refractivity contribution is 0.589. The summed E-state index contributed by atoms with van der Waals surface area (Å²) in [5.74, 6) is 1.63. The van der Waals surface area contributed by atoms with E-state index in [0.29, 0.717) is 0 Å². The summed E-state index contributed by atoms with van der Waals surface area (Å²) in [4.78, 5) is 21.3. The van der Waals surface area contributed by atoms with Crippen molar-refractivity contribution in [1.29, 1.82) is 0 Å². The molecule has 3 N–H and O–H groups in total. The third-order valence-electron chi connectivity index (χ3n) is 5.34. The molecule has 8 nitrogen and oxygen atoms in total. The smallest absolute Gasteiger partial charge is 0.188 e. The molecular weight excluding hydrogens is 420 g/mol. The predicted octanol–water partition coefficient (Wildman–Crippen LogP) is 3.86. The summed E-state index contributed by atoms with van der Waals surface area (Å²) in [5.41, 5.74) is 4.24. The maximum atomic E-state index is 4.55. The number of pyridine rings is 3. The molecule has 4 aromatic rings. The van der Waals surface area contributed by atoms with Crippen molar-refractivity contribution < 1.29 is 0 Å². The molecule has 0 unspecified atom stereocenters. The van der Waals surface area contributed by atoms with Crippen molar-refractivity contribution in [3.63, 3.8) is 0 Å². The molecule has 5 rings (SSSR count). The van der Waals surface area contributed by atoms with Crippen LogP contribution in [-0.4, -0.2) is 53.2 Å². The van der Waals surface area contributed by atoms with Gasteiger partial charge in [0.15, 0.2) is 5.13 Å². The monoisotopic (exact) mass is 444 g/mol. The summed E-state index contributed by atoms with van der Waals surface area (Å²) in [5, 5.41) is 10.6. The van der Waals surface area contributed by atoms with E-state index in [1.807, 2.05) is 50.2 Å². The minimum Gasteiger partial charge on any atom is -0.373 e. The second kappa shape index (κ2) is 9.29. The van der Waals surface area contributed by atoms with Crippen LogP contribution < -0.4 is 20.9 Å². The van der Waals surface area contributed by atoms with Gasteiger partial charge in [-0.05, 0) is 24.3 Å². The highest BCUT2D eigenvalue weighted by Crippen LogP contribution is 2.32. The fourth-order valence-corrected chi connectivity index (χ4v) is 4.43. The van der Waals surface area contributed by atoms with Crippen LogP contribution in [0.15, 0.2) is 61.3 Å². The Bertz CT molecular complexity index is 1180. The van der Waals surface area contributed by atoms with E-state index < -0.39 is 0 Å². The summed E-state index contributed by atoms with van der Waals surface area (Å²) in [6.45, 7) is 4.01. The molecule has 0 aromatic carbocycles. The van der Waals surface area contributed by atoms with Crippen molar-refractivity contribution in [2.75, 3.05) is 48.8 Å². The highest BCUT2D eigenvalue weighted by atomic mass is 32.1. The molecule has 162 valence electrons. The molecule has 0 aliphatic carbocycles. The van der Waals surface area contributed by atoms with Crippen LogP contribution in [0.4, 0.5) is 22.5 Å². The molecule has 0 bridgehead atoms. The van der Waals surface area contributed by atoms with Gasteiger partial charge in [0.2, 0.25) is 0 Å². The number of nitrogens with zero attached hydrogens (tertiary/aromatic N) is 5. The van der Waals surface area contributed by atoms with E-state index in [1.165, 1.54) is 5.69 Å². The van der Waals surface area contributed by atoms with E-state index in [-0.39, 0.29) is 0 Å². The van der Waals surface area contributed by atoms with E-state index in [9.17, 15) is 0 Å². The minimum atomic E-state index is 0.796. The first-order chi connectivity index (χ1) is 15.8. The van der Waals surface area contributed by atoms with E-state index in [4.69, 9.17) is 0 Å². The Labute approximate surface area is 190 Å². The van der Waals surface area contributed by atoms with Crippen LogP contribution in [0.3, 0.4) is 0 Å². The van der Waals surface area contributed by atoms with Crippen molar-refractivity contribution >= 4 is 33.8 Å². The number of rotatable bonds is 6. The standard InChI is InChI=1S/C23H24N8S/c1-24-21-3-2-16(14-28-21)17-10-18(13-26-12-17)20-15-29-23(32-20)30-22-11-19(4-5-27-22)31-8-6-25-7-9-31/h2-5,10-15,25H,6-9H2,1H3,(H,24,28)(H,27,29,30). The normalized spacial score (nSPS) is 13.7. The van der Waals surface area contributed by atoms with Crippen molar-refractivity contribution in [3.8, 4) is 21.6 Å². The van der Waals surface area contributed by atoms with E-state index in [2.05, 4.69) is 59.0 Å². The summed E-state index contributed by atoms with van der Waals surface area (Å²) in [6, 6.07) is 10.2. The largest absolute Gasteiger partial charge is 0.373 e. The highest BCUT2D eigenvalue weighted by molar-refractivity contribution is 7.18. The Morgan fingerprint density at radius 3 is 2.56 bits per heavy atom. The number of aromatic nitrogens is 4. The minimum absolute atomic E-state index is 0.796. The summed E-state index contributed by atoms with van der Waals surface area (Å²) in [7, 11) is 1.86. The van der Waals surface area contributed by atoms with Crippen molar-refractivity contribution in [1.82, 2.24) is 25.3 Å². The maximum absolute atomic E-state index is 4.55. The zero-order valence-electron chi connectivity index (χ0n) is 17.7. The number of nitrogens with one attached hydrogen (secondary N) is 3. The molecule has 0 atom stereocenters. The Morgan fingerprint density at radius 2 is 1.75 bits per heavy atom. The van der Waals surface area contributed by atoms with E-state index in [0.717, 1.165) is 64.5 Å². The van der Waals surface area contributed by atoms with Crippen LogP contribution in [-0.2, 0) is 0 Å². The average molecular weight is 445 g/mol. The molecule has 1 saturated heterocycles. The molecule has 4 aromatic heterocycles. The second-order valence-corrected chi connectivity index (χ2v) is 8.47. The van der Waals surface area contributed by atoms with Gasteiger partial charge in [-0.3, -0.25) is 4.98 Å². The Morgan fingerprint density at radius 1 is 0.875 bits per heavy atom. The molecule has 9 heteroatoms. The zero-order chi connectivity index (χ0) is 21.8. The number of hydrogen-bond donors (Lipinski definition) is 3. The molecule has 0 amide bonds. The highest BCUT2D eigenvalue weighted by Gasteiger charge is 2.12. The Balaban J connectivity index is 1.33. The van der Waals surface area contributed by atoms with Gasteiger partial charge >= 0.3 is 0 Å². The number of piperazine rings is 1. The van der Waals surface area contributed by atoms with Gasteiger partial charge in [0.05, 0.1) is 4.88 Å². The lowest BCUT2D eigenvalue weighted by atomic mass is 10.1. The van der Waals surface area contributed by atoms with Gasteiger partial charge in [-0.2, -0.15) is 0 Å². The zero-order valence-corrected chi connectivity index (χ0v) is 18.6. The molecule has 0 saturated carbocycles. The van der Waals surface area contributed by atoms with Crippen molar-refractivity contribution in [3.05, 3.63) is 61.3 Å². The lowest BCUT2D eigenvalue weighted by Gasteiger charge is -2.29. The molecule has 1 fully saturated rings. The van der Waals surface area contributed by atoms with Gasteiger partial charge in [-0.1, -0.05) is 11.3 Å². The first-order valence-electron chi connectivity index (χ1n) is 10.5. The van der Waals surface area contributed by atoms with Gasteiger partial charge in [0, 0.05) is 92.7 Å². The quantitative estimate of drug-likeness (QED) is 0.413. The van der Waals surface area contributed by atoms with Gasteiger partial charge in [0.1, 0.15) is 11.6 Å². The predicted molar refractivity (Wildman–Crippen MR) is 131 cm³/mol. The van der Waals surface area contributed by atoms with Crippen LogP contribution in [0.25, 0.3) is 21.6 Å². The van der Waals surface area contributed by atoms with Crippen LogP contribution in [0.2, 0.25) is 0 Å². The van der Waals surface area contributed by atoms with Crippen molar-refractivity contribution in [2.24, 2.45) is 0 Å². The Kier molecular flexibility index (Phi) is 5.91. The van der Waals surface area contributed by atoms with E-state index in [1.54, 1.807) is 11.3 Å². The summed E-state index contributed by atoms with van der Waals surface area (Å²) < 4.78 is 0. The summed E-state index contributed by atoms with van der Waals surface area (Å²) in [6.07, 6.45) is 9.28. The first kappa shape index (κ1) is 20.3. The fourth-order valence-electron chi connectivity index (χ4n) is 3.63. The van der Waals surface area contributed by atoms with E-state index >= 15 is 0 Å². The van der Waals surface area contributed by atoms with Crippen LogP contribution in [0.1, 0.15) is 0 Å².